The van der Waals surface area contributed by atoms with Gasteiger partial charge in [0.15, 0.2) is 5.76 Å². The van der Waals surface area contributed by atoms with Crippen molar-refractivity contribution in [3.8, 4) is 0 Å². The van der Waals surface area contributed by atoms with Crippen LogP contribution < -0.4 is 0 Å². The minimum atomic E-state index is 0.267. The molecule has 0 spiro atoms. The molecule has 1 N–H and O–H groups in total. The molecule has 2 aliphatic carbocycles. The maximum atomic E-state index is 6.19. The fourth-order valence-electron chi connectivity index (χ4n) is 3.56. The van der Waals surface area contributed by atoms with Gasteiger partial charge in [0.25, 0.3) is 0 Å². The number of aromatic nitrogens is 3. The predicted molar refractivity (Wildman–Crippen MR) is 90.8 cm³/mol. The Morgan fingerprint density at radius 2 is 2.21 bits per heavy atom. The number of fused-ring (bicyclic) bond motifs is 3. The summed E-state index contributed by atoms with van der Waals surface area (Å²) in [5.41, 5.74) is 5.81. The third-order valence-electron chi connectivity index (χ3n) is 4.79. The zero-order chi connectivity index (χ0) is 16.7. The highest BCUT2D eigenvalue weighted by Gasteiger charge is 2.36. The normalized spacial score (nSPS) is 19.0. The Morgan fingerprint density at radius 3 is 2.96 bits per heavy atom. The summed E-state index contributed by atoms with van der Waals surface area (Å²) >= 11 is 6.19. The van der Waals surface area contributed by atoms with Gasteiger partial charge in [-0.05, 0) is 24.1 Å². The number of H-pyrrole nitrogens is 1. The molecule has 0 bridgehead atoms. The third-order valence-corrected chi connectivity index (χ3v) is 5.13. The van der Waals surface area contributed by atoms with Crippen molar-refractivity contribution >= 4 is 11.6 Å². The zero-order valence-corrected chi connectivity index (χ0v) is 14.4. The van der Waals surface area contributed by atoms with Gasteiger partial charge in [-0.25, -0.2) is 4.98 Å². The number of ether oxygens (including phenoxy) is 2. The number of hydrogen-bond donors (Lipinski definition) is 1. The molecule has 0 aromatic carbocycles. The average molecular weight is 344 g/mol. The van der Waals surface area contributed by atoms with Gasteiger partial charge < -0.3 is 9.47 Å². The fourth-order valence-corrected chi connectivity index (χ4v) is 3.75. The van der Waals surface area contributed by atoms with Crippen molar-refractivity contribution < 1.29 is 9.47 Å². The first-order chi connectivity index (χ1) is 11.7. The summed E-state index contributed by atoms with van der Waals surface area (Å²) < 4.78 is 10.9. The van der Waals surface area contributed by atoms with Crippen LogP contribution in [0.4, 0.5) is 0 Å². The number of pyridine rings is 1. The number of nitrogens with one attached hydrogen (secondary N) is 1. The summed E-state index contributed by atoms with van der Waals surface area (Å²) in [7, 11) is 3.36. The second-order valence-electron chi connectivity index (χ2n) is 6.04. The molecule has 124 valence electrons. The van der Waals surface area contributed by atoms with Gasteiger partial charge in [-0.1, -0.05) is 23.2 Å². The first kappa shape index (κ1) is 15.3. The summed E-state index contributed by atoms with van der Waals surface area (Å²) in [6.45, 7) is 0. The highest BCUT2D eigenvalue weighted by molar-refractivity contribution is 6.30. The van der Waals surface area contributed by atoms with E-state index in [0.717, 1.165) is 41.3 Å². The minimum absolute atomic E-state index is 0.267. The summed E-state index contributed by atoms with van der Waals surface area (Å²) in [6.07, 6.45) is 6.17. The van der Waals surface area contributed by atoms with Gasteiger partial charge in [0.1, 0.15) is 10.9 Å². The van der Waals surface area contributed by atoms with E-state index < -0.39 is 0 Å². The Hall–Kier alpha value is -2.27. The molecular weight excluding hydrogens is 326 g/mol. The number of rotatable bonds is 4. The molecule has 0 radical (unpaired) electrons. The smallest absolute Gasteiger partial charge is 0.156 e. The zero-order valence-electron chi connectivity index (χ0n) is 13.6. The lowest BCUT2D eigenvalue weighted by Crippen LogP contribution is -2.10. The number of halogens is 1. The van der Waals surface area contributed by atoms with Crippen LogP contribution in [0.5, 0.6) is 0 Å². The van der Waals surface area contributed by atoms with E-state index in [1.807, 2.05) is 12.1 Å². The number of hydrogen-bond acceptors (Lipinski definition) is 4. The Balaban J connectivity index is 1.65. The predicted octanol–water partition coefficient (Wildman–Crippen LogP) is 3.52. The summed E-state index contributed by atoms with van der Waals surface area (Å²) in [5, 5.41) is 8.31. The number of aromatic amines is 1. The van der Waals surface area contributed by atoms with Crippen molar-refractivity contribution in [2.24, 2.45) is 0 Å². The van der Waals surface area contributed by atoms with E-state index >= 15 is 0 Å². The quantitative estimate of drug-likeness (QED) is 0.863. The average Bonchev–Trinajstić information content (AvgIpc) is 3.15. The topological polar surface area (TPSA) is 60.0 Å². The van der Waals surface area contributed by atoms with Crippen LogP contribution in [0.25, 0.3) is 0 Å². The van der Waals surface area contributed by atoms with E-state index in [1.54, 1.807) is 20.4 Å². The molecule has 6 heteroatoms. The van der Waals surface area contributed by atoms with Gasteiger partial charge in [-0.15, -0.1) is 0 Å². The van der Waals surface area contributed by atoms with E-state index in [4.69, 9.17) is 21.1 Å². The fraction of sp³-hybridized carbons (Fsp3) is 0.333. The molecule has 4 rings (SSSR count). The molecule has 5 nitrogen and oxygen atoms in total. The van der Waals surface area contributed by atoms with Gasteiger partial charge in [0.05, 0.1) is 19.9 Å². The van der Waals surface area contributed by atoms with Crippen LogP contribution in [-0.4, -0.2) is 29.4 Å². The lowest BCUT2D eigenvalue weighted by Gasteiger charge is -2.21. The van der Waals surface area contributed by atoms with E-state index in [1.165, 1.54) is 11.1 Å². The first-order valence-corrected chi connectivity index (χ1v) is 8.26. The van der Waals surface area contributed by atoms with Crippen molar-refractivity contribution in [1.29, 1.82) is 0 Å². The molecule has 24 heavy (non-hydrogen) atoms. The van der Waals surface area contributed by atoms with Crippen LogP contribution in [0, 0.1) is 0 Å². The maximum absolute atomic E-state index is 6.19. The SMILES string of the molecule is COC1=C(OC)CC2C(=C1)Cc1c2n[nH]c1Cc1cccnc1Cl. The van der Waals surface area contributed by atoms with Crippen LogP contribution in [0.1, 0.15) is 34.9 Å². The van der Waals surface area contributed by atoms with Crippen molar-refractivity contribution in [1.82, 2.24) is 15.2 Å². The Bertz CT molecular complexity index is 854. The molecule has 1 unspecified atom stereocenters. The largest absolute Gasteiger partial charge is 0.497 e. The number of allylic oxidation sites excluding steroid dienone is 3. The van der Waals surface area contributed by atoms with E-state index in [2.05, 4.69) is 21.3 Å². The van der Waals surface area contributed by atoms with Crippen molar-refractivity contribution in [2.75, 3.05) is 14.2 Å². The second-order valence-corrected chi connectivity index (χ2v) is 6.40. The molecular formula is C18H18ClN3O2. The molecule has 0 amide bonds. The maximum Gasteiger partial charge on any atom is 0.156 e. The van der Waals surface area contributed by atoms with Crippen LogP contribution in [-0.2, 0) is 22.3 Å². The molecule has 2 aromatic rings. The Kier molecular flexibility index (Phi) is 3.81. The van der Waals surface area contributed by atoms with Gasteiger partial charge in [-0.2, -0.15) is 5.10 Å². The molecule has 0 saturated carbocycles. The first-order valence-electron chi connectivity index (χ1n) is 7.88. The Morgan fingerprint density at radius 1 is 1.33 bits per heavy atom. The molecule has 0 saturated heterocycles. The number of nitrogens with zero attached hydrogens (tertiary/aromatic N) is 2. The summed E-state index contributed by atoms with van der Waals surface area (Å²) in [6, 6.07) is 3.90. The number of methoxy groups -OCH3 is 2. The lowest BCUT2D eigenvalue weighted by atomic mass is 9.91. The van der Waals surface area contributed by atoms with Crippen LogP contribution in [0.2, 0.25) is 5.15 Å². The van der Waals surface area contributed by atoms with Crippen LogP contribution in [0.3, 0.4) is 0 Å². The highest BCUT2D eigenvalue weighted by Crippen LogP contribution is 2.45. The Labute approximate surface area is 145 Å². The van der Waals surface area contributed by atoms with Crippen molar-refractivity contribution in [3.63, 3.8) is 0 Å². The molecule has 2 heterocycles. The van der Waals surface area contributed by atoms with Gasteiger partial charge in [0.2, 0.25) is 0 Å². The van der Waals surface area contributed by atoms with Gasteiger partial charge in [0, 0.05) is 36.2 Å². The van der Waals surface area contributed by atoms with Gasteiger partial charge >= 0.3 is 0 Å². The van der Waals surface area contributed by atoms with E-state index in [0.29, 0.717) is 11.6 Å². The lowest BCUT2D eigenvalue weighted by molar-refractivity contribution is 0.214. The minimum Gasteiger partial charge on any atom is -0.497 e. The molecule has 0 aliphatic heterocycles. The van der Waals surface area contributed by atoms with Gasteiger partial charge in [-0.3, -0.25) is 5.10 Å². The van der Waals surface area contributed by atoms with Crippen molar-refractivity contribution in [3.05, 3.63) is 69.2 Å². The van der Waals surface area contributed by atoms with E-state index in [-0.39, 0.29) is 5.92 Å². The second kappa shape index (κ2) is 5.98. The van der Waals surface area contributed by atoms with Crippen LogP contribution >= 0.6 is 11.6 Å². The molecule has 2 aliphatic rings. The summed E-state index contributed by atoms with van der Waals surface area (Å²) in [5.74, 6) is 1.96. The highest BCUT2D eigenvalue weighted by atomic mass is 35.5. The van der Waals surface area contributed by atoms with Crippen LogP contribution in [0.15, 0.2) is 41.5 Å². The standard InChI is InChI=1S/C18H18ClN3O2/c1-23-15-8-11-6-13-14(7-10-4-3-5-20-18(10)19)21-22-17(13)12(11)9-16(15)24-2/h3-5,8,12H,6-7,9H2,1-2H3,(H,21,22). The summed E-state index contributed by atoms with van der Waals surface area (Å²) in [4.78, 5) is 4.15. The monoisotopic (exact) mass is 343 g/mol. The third kappa shape index (κ3) is 2.40. The molecule has 0 fully saturated rings. The van der Waals surface area contributed by atoms with E-state index in [9.17, 15) is 0 Å². The molecule has 2 aromatic heterocycles. The molecule has 1 atom stereocenters. The van der Waals surface area contributed by atoms with Crippen molar-refractivity contribution in [2.45, 2.75) is 25.2 Å².